The highest BCUT2D eigenvalue weighted by Crippen LogP contribution is 2.22. The highest BCUT2D eigenvalue weighted by molar-refractivity contribution is 9.10. The van der Waals surface area contributed by atoms with E-state index in [1.807, 2.05) is 36.6 Å². The van der Waals surface area contributed by atoms with Gasteiger partial charge in [0.05, 0.1) is 22.9 Å². The maximum Gasteiger partial charge on any atom is 0.253 e. The average molecular weight is 557 g/mol. The lowest BCUT2D eigenvalue weighted by atomic mass is 10.2. The molecule has 2 amide bonds. The van der Waals surface area contributed by atoms with E-state index < -0.39 is 0 Å². The number of aromatic nitrogens is 3. The van der Waals surface area contributed by atoms with Crippen LogP contribution in [-0.4, -0.2) is 32.3 Å². The summed E-state index contributed by atoms with van der Waals surface area (Å²) in [5.74, 6) is 0.280. The fraction of sp³-hybridized carbons (Fsp3) is 0.238. The number of benzene rings is 2. The van der Waals surface area contributed by atoms with Gasteiger partial charge in [-0.15, -0.1) is 10.2 Å². The molecule has 0 aliphatic heterocycles. The van der Waals surface area contributed by atoms with Gasteiger partial charge in [-0.25, -0.2) is 0 Å². The first kappa shape index (κ1) is 24.6. The van der Waals surface area contributed by atoms with E-state index >= 15 is 0 Å². The summed E-state index contributed by atoms with van der Waals surface area (Å²) >= 11 is 16.7. The Bertz CT molecular complexity index is 1160. The van der Waals surface area contributed by atoms with Crippen LogP contribution in [0.25, 0.3) is 0 Å². The largest absolute Gasteiger partial charge is 0.345 e. The Labute approximate surface area is 208 Å². The fourth-order valence-electron chi connectivity index (χ4n) is 2.85. The molecule has 1 heterocycles. The second kappa shape index (κ2) is 11.2. The molecule has 1 aromatic heterocycles. The van der Waals surface area contributed by atoms with Crippen LogP contribution in [0.5, 0.6) is 0 Å². The van der Waals surface area contributed by atoms with E-state index in [4.69, 9.17) is 23.2 Å². The number of carbonyl (C=O) groups excluding carboxylic acids is 2. The number of anilines is 1. The predicted molar refractivity (Wildman–Crippen MR) is 132 cm³/mol. The van der Waals surface area contributed by atoms with Crippen LogP contribution in [0.2, 0.25) is 10.0 Å². The highest BCUT2D eigenvalue weighted by atomic mass is 79.9. The summed E-state index contributed by atoms with van der Waals surface area (Å²) in [6.45, 7) is 4.66. The van der Waals surface area contributed by atoms with E-state index in [1.165, 1.54) is 17.8 Å². The standard InChI is InChI=1S/C21H20BrCl2N5O2S/c1-3-29-18(10-25-20(31)15-6-4-13(23)9-17(15)24)27-28-21(29)32-11-19(30)26-14-5-7-16(22)12(2)8-14/h4-9H,3,10-11H2,1-2H3,(H,25,31)(H,26,30). The van der Waals surface area contributed by atoms with E-state index in [-0.39, 0.29) is 29.1 Å². The third-order valence-electron chi connectivity index (χ3n) is 4.47. The van der Waals surface area contributed by atoms with E-state index in [0.717, 1.165) is 15.7 Å². The van der Waals surface area contributed by atoms with Crippen LogP contribution in [0.4, 0.5) is 5.69 Å². The van der Waals surface area contributed by atoms with Crippen molar-refractivity contribution in [1.29, 1.82) is 0 Å². The summed E-state index contributed by atoms with van der Waals surface area (Å²) in [5, 5.41) is 15.3. The number of halogens is 3. The minimum Gasteiger partial charge on any atom is -0.345 e. The second-order valence-electron chi connectivity index (χ2n) is 6.75. The molecule has 7 nitrogen and oxygen atoms in total. The third kappa shape index (κ3) is 6.25. The number of hydrogen-bond acceptors (Lipinski definition) is 5. The average Bonchev–Trinajstić information content (AvgIpc) is 3.15. The van der Waals surface area contributed by atoms with Gasteiger partial charge in [0.2, 0.25) is 5.91 Å². The molecule has 0 aliphatic carbocycles. The summed E-state index contributed by atoms with van der Waals surface area (Å²) < 4.78 is 2.84. The molecule has 0 radical (unpaired) electrons. The van der Waals surface area contributed by atoms with Gasteiger partial charge in [0.1, 0.15) is 0 Å². The molecule has 0 unspecified atom stereocenters. The minimum absolute atomic E-state index is 0.144. The first-order chi connectivity index (χ1) is 15.3. The van der Waals surface area contributed by atoms with E-state index in [1.54, 1.807) is 12.1 Å². The molecule has 0 aliphatic rings. The second-order valence-corrected chi connectivity index (χ2v) is 9.39. The van der Waals surface area contributed by atoms with Crippen molar-refractivity contribution in [3.8, 4) is 0 Å². The highest BCUT2D eigenvalue weighted by Gasteiger charge is 2.16. The summed E-state index contributed by atoms with van der Waals surface area (Å²) in [4.78, 5) is 24.8. The Morgan fingerprint density at radius 2 is 1.94 bits per heavy atom. The van der Waals surface area contributed by atoms with Crippen molar-refractivity contribution in [2.75, 3.05) is 11.1 Å². The number of thioether (sulfide) groups is 1. The van der Waals surface area contributed by atoms with Crippen LogP contribution in [0.3, 0.4) is 0 Å². The minimum atomic E-state index is -0.337. The number of aryl methyl sites for hydroxylation is 1. The van der Waals surface area contributed by atoms with Gasteiger partial charge in [0.15, 0.2) is 11.0 Å². The monoisotopic (exact) mass is 555 g/mol. The van der Waals surface area contributed by atoms with E-state index in [0.29, 0.717) is 28.1 Å². The number of nitrogens with one attached hydrogen (secondary N) is 2. The zero-order valence-corrected chi connectivity index (χ0v) is 21.2. The Morgan fingerprint density at radius 3 is 2.62 bits per heavy atom. The van der Waals surface area contributed by atoms with Crippen LogP contribution in [0, 0.1) is 6.92 Å². The molecule has 32 heavy (non-hydrogen) atoms. The zero-order chi connectivity index (χ0) is 23.3. The molecule has 0 fully saturated rings. The van der Waals surface area contributed by atoms with Gasteiger partial charge in [-0.2, -0.15) is 0 Å². The normalized spacial score (nSPS) is 10.8. The molecule has 0 saturated carbocycles. The maximum atomic E-state index is 12.4. The van der Waals surface area contributed by atoms with Crippen molar-refractivity contribution in [2.45, 2.75) is 32.1 Å². The van der Waals surface area contributed by atoms with E-state index in [9.17, 15) is 9.59 Å². The van der Waals surface area contributed by atoms with Crippen molar-refractivity contribution < 1.29 is 9.59 Å². The van der Waals surface area contributed by atoms with Crippen LogP contribution >= 0.6 is 50.9 Å². The molecular weight excluding hydrogens is 537 g/mol. The molecule has 2 aromatic carbocycles. The van der Waals surface area contributed by atoms with Crippen molar-refractivity contribution in [3.63, 3.8) is 0 Å². The van der Waals surface area contributed by atoms with Crippen molar-refractivity contribution in [2.24, 2.45) is 0 Å². The van der Waals surface area contributed by atoms with Crippen molar-refractivity contribution in [1.82, 2.24) is 20.1 Å². The first-order valence-electron chi connectivity index (χ1n) is 9.62. The molecule has 0 spiro atoms. The third-order valence-corrected chi connectivity index (χ3v) is 6.87. The molecule has 3 rings (SSSR count). The van der Waals surface area contributed by atoms with Gasteiger partial charge in [0.25, 0.3) is 5.91 Å². The van der Waals surface area contributed by atoms with Crippen LogP contribution in [0.1, 0.15) is 28.7 Å². The topological polar surface area (TPSA) is 88.9 Å². The molecule has 168 valence electrons. The quantitative estimate of drug-likeness (QED) is 0.366. The summed E-state index contributed by atoms with van der Waals surface area (Å²) in [6, 6.07) is 10.3. The SMILES string of the molecule is CCn1c(CNC(=O)c2ccc(Cl)cc2Cl)nnc1SCC(=O)Nc1ccc(Br)c(C)c1. The number of rotatable bonds is 8. The number of carbonyl (C=O) groups is 2. The van der Waals surface area contributed by atoms with Crippen molar-refractivity contribution >= 4 is 68.4 Å². The van der Waals surface area contributed by atoms with E-state index in [2.05, 4.69) is 36.8 Å². The lowest BCUT2D eigenvalue weighted by Gasteiger charge is -2.10. The molecule has 11 heteroatoms. The Hall–Kier alpha value is -2.07. The van der Waals surface area contributed by atoms with Gasteiger partial charge < -0.3 is 15.2 Å². The van der Waals surface area contributed by atoms with Crippen LogP contribution < -0.4 is 10.6 Å². The maximum absolute atomic E-state index is 12.4. The van der Waals surface area contributed by atoms with Gasteiger partial charge in [0, 0.05) is 21.7 Å². The number of amides is 2. The molecular formula is C21H20BrCl2N5O2S. The molecule has 0 atom stereocenters. The fourth-order valence-corrected chi connectivity index (χ4v) is 4.41. The lowest BCUT2D eigenvalue weighted by Crippen LogP contribution is -2.25. The van der Waals surface area contributed by atoms with Crippen LogP contribution in [0.15, 0.2) is 46.0 Å². The van der Waals surface area contributed by atoms with Gasteiger partial charge in [-0.05, 0) is 55.8 Å². The Morgan fingerprint density at radius 1 is 1.16 bits per heavy atom. The predicted octanol–water partition coefficient (Wildman–Crippen LogP) is 5.34. The first-order valence-corrected chi connectivity index (χ1v) is 12.2. The smallest absolute Gasteiger partial charge is 0.253 e. The zero-order valence-electron chi connectivity index (χ0n) is 17.3. The summed E-state index contributed by atoms with van der Waals surface area (Å²) in [6.07, 6.45) is 0. The molecule has 3 aromatic rings. The van der Waals surface area contributed by atoms with Gasteiger partial charge in [-0.1, -0.05) is 50.9 Å². The number of nitrogens with zero attached hydrogens (tertiary/aromatic N) is 3. The Kier molecular flexibility index (Phi) is 8.58. The number of hydrogen-bond donors (Lipinski definition) is 2. The van der Waals surface area contributed by atoms with Crippen LogP contribution in [-0.2, 0) is 17.9 Å². The summed E-state index contributed by atoms with van der Waals surface area (Å²) in [7, 11) is 0. The van der Waals surface area contributed by atoms with Crippen molar-refractivity contribution in [3.05, 3.63) is 67.9 Å². The molecule has 2 N–H and O–H groups in total. The van der Waals surface area contributed by atoms with Gasteiger partial charge in [-0.3, -0.25) is 9.59 Å². The lowest BCUT2D eigenvalue weighted by molar-refractivity contribution is -0.113. The van der Waals surface area contributed by atoms with Gasteiger partial charge >= 0.3 is 0 Å². The summed E-state index contributed by atoms with van der Waals surface area (Å²) in [5.41, 5.74) is 2.10. The molecule has 0 saturated heterocycles. The molecule has 0 bridgehead atoms. The Balaban J connectivity index is 1.58.